The smallest absolute Gasteiger partial charge is 0.0258 e. The van der Waals surface area contributed by atoms with Crippen LogP contribution in [0.3, 0.4) is 0 Å². The van der Waals surface area contributed by atoms with Crippen LogP contribution in [0.5, 0.6) is 0 Å². The van der Waals surface area contributed by atoms with Gasteiger partial charge in [0.2, 0.25) is 0 Å². The van der Waals surface area contributed by atoms with Gasteiger partial charge in [-0.3, -0.25) is 0 Å². The van der Waals surface area contributed by atoms with E-state index in [-0.39, 0.29) is 0 Å². The topological polar surface area (TPSA) is 0 Å². The molecule has 0 nitrogen and oxygen atoms in total. The summed E-state index contributed by atoms with van der Waals surface area (Å²) in [5.74, 6) is 17.3. The summed E-state index contributed by atoms with van der Waals surface area (Å²) in [6, 6.07) is 12.3. The fourth-order valence-corrected chi connectivity index (χ4v) is 1.91. The maximum Gasteiger partial charge on any atom is 0.0258 e. The van der Waals surface area contributed by atoms with E-state index in [0.29, 0.717) is 0 Å². The zero-order valence-electron chi connectivity index (χ0n) is 13.5. The van der Waals surface area contributed by atoms with Crippen LogP contribution in [-0.2, 0) is 0 Å². The molecular weight excluding hydrogens is 264 g/mol. The molecule has 2 aromatic rings. The van der Waals surface area contributed by atoms with Crippen molar-refractivity contribution < 1.29 is 0 Å². The van der Waals surface area contributed by atoms with Gasteiger partial charge in [0.25, 0.3) is 0 Å². The van der Waals surface area contributed by atoms with Crippen LogP contribution in [0.15, 0.2) is 36.4 Å². The minimum absolute atomic E-state index is 0.986. The molecule has 0 aliphatic heterocycles. The zero-order valence-corrected chi connectivity index (χ0v) is 13.5. The summed E-state index contributed by atoms with van der Waals surface area (Å²) >= 11 is 0. The van der Waals surface area contributed by atoms with Crippen LogP contribution in [-0.4, -0.2) is 0 Å². The Morgan fingerprint density at radius 2 is 0.909 bits per heavy atom. The quantitative estimate of drug-likeness (QED) is 0.631. The lowest BCUT2D eigenvalue weighted by atomic mass is 10.1. The number of hydrogen-bond donors (Lipinski definition) is 0. The highest BCUT2D eigenvalue weighted by Crippen LogP contribution is 2.09. The van der Waals surface area contributed by atoms with Gasteiger partial charge in [0.15, 0.2) is 0 Å². The van der Waals surface area contributed by atoms with Crippen LogP contribution in [0.1, 0.15) is 33.4 Å². The third-order valence-corrected chi connectivity index (χ3v) is 3.61. The molecule has 0 radical (unpaired) electrons. The van der Waals surface area contributed by atoms with Crippen molar-refractivity contribution in [2.24, 2.45) is 0 Å². The van der Waals surface area contributed by atoms with Crippen molar-refractivity contribution in [2.45, 2.75) is 27.7 Å². The van der Waals surface area contributed by atoms with Gasteiger partial charge in [-0.05, 0) is 97.9 Å². The molecule has 0 heteroatoms. The second kappa shape index (κ2) is 7.22. The molecule has 0 spiro atoms. The van der Waals surface area contributed by atoms with Gasteiger partial charge in [-0.1, -0.05) is 24.0 Å². The van der Waals surface area contributed by atoms with Crippen molar-refractivity contribution in [1.29, 1.82) is 0 Å². The number of benzene rings is 2. The van der Waals surface area contributed by atoms with E-state index in [1.807, 2.05) is 12.1 Å². The van der Waals surface area contributed by atoms with Crippen LogP contribution in [0.4, 0.5) is 0 Å². The highest BCUT2D eigenvalue weighted by Gasteiger charge is 1.92. The summed E-state index contributed by atoms with van der Waals surface area (Å²) in [7, 11) is 0. The monoisotopic (exact) mass is 282 g/mol. The van der Waals surface area contributed by atoms with Gasteiger partial charge in [-0.2, -0.15) is 0 Å². The van der Waals surface area contributed by atoms with Crippen molar-refractivity contribution >= 4 is 0 Å². The molecule has 0 aliphatic carbocycles. The zero-order chi connectivity index (χ0) is 15.9. The van der Waals surface area contributed by atoms with Crippen LogP contribution < -0.4 is 0 Å². The van der Waals surface area contributed by atoms with Crippen molar-refractivity contribution in [2.75, 3.05) is 0 Å². The van der Waals surface area contributed by atoms with Crippen molar-refractivity contribution in [3.8, 4) is 35.5 Å². The first-order chi connectivity index (χ1) is 10.6. The minimum Gasteiger partial charge on any atom is -0.0578 e. The number of rotatable bonds is 0. The first kappa shape index (κ1) is 15.5. The molecule has 2 aromatic carbocycles. The van der Waals surface area contributed by atoms with Gasteiger partial charge >= 0.3 is 0 Å². The van der Waals surface area contributed by atoms with E-state index in [1.165, 1.54) is 22.3 Å². The molecule has 0 bridgehead atoms. The molecule has 0 N–H and O–H groups in total. The third-order valence-electron chi connectivity index (χ3n) is 3.61. The summed E-state index contributed by atoms with van der Waals surface area (Å²) < 4.78 is 0. The predicted molar refractivity (Wildman–Crippen MR) is 93.4 cm³/mol. The van der Waals surface area contributed by atoms with Gasteiger partial charge < -0.3 is 0 Å². The highest BCUT2D eigenvalue weighted by molar-refractivity contribution is 5.47. The minimum atomic E-state index is 0.986. The SMILES string of the molecule is Cc1ccc(C#CC#CC#Cc2ccc(C)c(C)c2)cc1C. The van der Waals surface area contributed by atoms with E-state index in [4.69, 9.17) is 0 Å². The molecule has 0 aliphatic rings. The first-order valence-corrected chi connectivity index (χ1v) is 7.23. The molecule has 106 valence electrons. The third kappa shape index (κ3) is 4.31. The molecule has 22 heavy (non-hydrogen) atoms. The lowest BCUT2D eigenvalue weighted by molar-refractivity contribution is 1.33. The summed E-state index contributed by atoms with van der Waals surface area (Å²) in [6.07, 6.45) is 0. The molecule has 0 amide bonds. The van der Waals surface area contributed by atoms with E-state index < -0.39 is 0 Å². The molecule has 0 saturated heterocycles. The Hall–Kier alpha value is -2.88. The summed E-state index contributed by atoms with van der Waals surface area (Å²) in [4.78, 5) is 0. The van der Waals surface area contributed by atoms with Gasteiger partial charge in [0.05, 0.1) is 0 Å². The van der Waals surface area contributed by atoms with Crippen molar-refractivity contribution in [1.82, 2.24) is 0 Å². The summed E-state index contributed by atoms with van der Waals surface area (Å²) in [6.45, 7) is 8.35. The van der Waals surface area contributed by atoms with Gasteiger partial charge in [0.1, 0.15) is 0 Å². The molecule has 0 heterocycles. The van der Waals surface area contributed by atoms with Gasteiger partial charge in [-0.15, -0.1) is 0 Å². The maximum atomic E-state index is 3.04. The highest BCUT2D eigenvalue weighted by atomic mass is 14.0. The summed E-state index contributed by atoms with van der Waals surface area (Å²) in [5, 5.41) is 0. The molecular formula is C22H18. The van der Waals surface area contributed by atoms with Crippen LogP contribution in [0.2, 0.25) is 0 Å². The van der Waals surface area contributed by atoms with Crippen molar-refractivity contribution in [3.63, 3.8) is 0 Å². The van der Waals surface area contributed by atoms with E-state index in [9.17, 15) is 0 Å². The van der Waals surface area contributed by atoms with E-state index in [0.717, 1.165) is 11.1 Å². The average Bonchev–Trinajstić information content (AvgIpc) is 2.50. The van der Waals surface area contributed by atoms with E-state index >= 15 is 0 Å². The predicted octanol–water partition coefficient (Wildman–Crippen LogP) is 4.33. The second-order valence-corrected chi connectivity index (χ2v) is 5.35. The Labute approximate surface area is 133 Å². The average molecular weight is 282 g/mol. The molecule has 2 rings (SSSR count). The fourth-order valence-electron chi connectivity index (χ4n) is 1.91. The van der Waals surface area contributed by atoms with Crippen LogP contribution in [0, 0.1) is 63.2 Å². The lowest BCUT2D eigenvalue weighted by Crippen LogP contribution is -1.82. The second-order valence-electron chi connectivity index (χ2n) is 5.35. The largest absolute Gasteiger partial charge is 0.0578 e. The molecule has 0 unspecified atom stereocenters. The maximum absolute atomic E-state index is 3.04. The van der Waals surface area contributed by atoms with Gasteiger partial charge in [0, 0.05) is 11.1 Å². The van der Waals surface area contributed by atoms with Crippen LogP contribution in [0.25, 0.3) is 0 Å². The Morgan fingerprint density at radius 1 is 0.500 bits per heavy atom. The normalized spacial score (nSPS) is 8.73. The fraction of sp³-hybridized carbons (Fsp3) is 0.182. The Balaban J connectivity index is 2.07. The number of aryl methyl sites for hydroxylation is 4. The molecule has 0 saturated carbocycles. The van der Waals surface area contributed by atoms with Crippen molar-refractivity contribution in [3.05, 3.63) is 69.8 Å². The van der Waals surface area contributed by atoms with Gasteiger partial charge in [-0.25, -0.2) is 0 Å². The number of hydrogen-bond acceptors (Lipinski definition) is 0. The molecule has 0 aromatic heterocycles. The Morgan fingerprint density at radius 3 is 1.27 bits per heavy atom. The molecule has 0 atom stereocenters. The standard InChI is InChI=1S/C22H18/c1-17-11-13-21(15-19(17)3)9-7-5-6-8-10-22-14-12-18(2)20(4)16-22/h11-16H,1-4H3. The van der Waals surface area contributed by atoms with Crippen LogP contribution >= 0.6 is 0 Å². The Bertz CT molecular complexity index is 805. The van der Waals surface area contributed by atoms with E-state index in [1.54, 1.807) is 0 Å². The first-order valence-electron chi connectivity index (χ1n) is 7.23. The Kier molecular flexibility index (Phi) is 5.09. The lowest BCUT2D eigenvalue weighted by Gasteiger charge is -1.98. The summed E-state index contributed by atoms with van der Waals surface area (Å²) in [5.41, 5.74) is 7.01. The van der Waals surface area contributed by atoms with E-state index in [2.05, 4.69) is 87.5 Å². The molecule has 0 fully saturated rings.